The molecule has 4 rings (SSSR count). The second-order valence-corrected chi connectivity index (χ2v) is 11.9. The first-order chi connectivity index (χ1) is 16.3. The number of sulfonamides is 1. The van der Waals surface area contributed by atoms with Gasteiger partial charge in [0.1, 0.15) is 5.75 Å². The lowest BCUT2D eigenvalue weighted by molar-refractivity contribution is 0.0822. The number of ether oxygens (including phenoxy) is 1. The molecule has 34 heavy (non-hydrogen) atoms. The molecule has 1 aromatic heterocycles. The van der Waals surface area contributed by atoms with Gasteiger partial charge in [0.25, 0.3) is 10.0 Å². The average molecular weight is 501 g/mol. The molecular weight excluding hydrogens is 468 g/mol. The Balaban J connectivity index is 1.56. The maximum atomic E-state index is 13.3. The lowest BCUT2D eigenvalue weighted by Gasteiger charge is -2.36. The molecule has 0 aliphatic carbocycles. The van der Waals surface area contributed by atoms with Crippen molar-refractivity contribution in [3.8, 4) is 5.75 Å². The highest BCUT2D eigenvalue weighted by molar-refractivity contribution is 7.94. The van der Waals surface area contributed by atoms with Gasteiger partial charge >= 0.3 is 0 Å². The smallest absolute Gasteiger partial charge is 0.275 e. The molecule has 1 aliphatic heterocycles. The Morgan fingerprint density at radius 3 is 2.62 bits per heavy atom. The fraction of sp³-hybridized carbons (Fsp3) is 0.400. The van der Waals surface area contributed by atoms with E-state index in [1.54, 1.807) is 27.1 Å². The second-order valence-electron chi connectivity index (χ2n) is 8.52. The van der Waals surface area contributed by atoms with Crippen molar-refractivity contribution >= 4 is 27.0 Å². The van der Waals surface area contributed by atoms with Crippen LogP contribution in [0.25, 0.3) is 0 Å². The summed E-state index contributed by atoms with van der Waals surface area (Å²) in [6, 6.07) is 16.3. The SMILES string of the molecule is COc1ccc(N(C)S(=O)(=O)c2sc(C)nc2C)cc1CNN1CCCC[C@H]1c1ccccc1. The summed E-state index contributed by atoms with van der Waals surface area (Å²) in [6.45, 7) is 5.04. The van der Waals surface area contributed by atoms with Crippen molar-refractivity contribution in [1.82, 2.24) is 15.4 Å². The Bertz CT molecular complexity index is 1230. The van der Waals surface area contributed by atoms with Crippen LogP contribution in [0.1, 0.15) is 47.1 Å². The first kappa shape index (κ1) is 24.7. The molecule has 1 aliphatic rings. The minimum absolute atomic E-state index is 0.280. The van der Waals surface area contributed by atoms with Gasteiger partial charge in [0.05, 0.1) is 23.5 Å². The first-order valence-electron chi connectivity index (χ1n) is 11.5. The standard InChI is InChI=1S/C25H32N4O3S2/c1-18-25(33-19(2)27-18)34(30,31)28(3)22-13-14-24(32-4)21(16-22)17-26-29-15-9-8-12-23(29)20-10-6-5-7-11-20/h5-7,10-11,13-14,16,23,26H,8-9,12,15,17H2,1-4H3/t23-/m0/s1. The number of aromatic nitrogens is 1. The van der Waals surface area contributed by atoms with E-state index >= 15 is 0 Å². The topological polar surface area (TPSA) is 74.8 Å². The molecule has 7 nitrogen and oxygen atoms in total. The molecule has 1 saturated heterocycles. The van der Waals surface area contributed by atoms with Crippen LogP contribution in [0.5, 0.6) is 5.75 Å². The van der Waals surface area contributed by atoms with Gasteiger partial charge in [0.2, 0.25) is 0 Å². The monoisotopic (exact) mass is 500 g/mol. The van der Waals surface area contributed by atoms with Gasteiger partial charge < -0.3 is 4.74 Å². The zero-order valence-corrected chi connectivity index (χ0v) is 21.7. The molecule has 1 N–H and O–H groups in total. The molecule has 0 unspecified atom stereocenters. The molecule has 0 spiro atoms. The van der Waals surface area contributed by atoms with Gasteiger partial charge in [-0.3, -0.25) is 9.73 Å². The number of hydrogen-bond donors (Lipinski definition) is 1. The molecule has 0 radical (unpaired) electrons. The highest BCUT2D eigenvalue weighted by Gasteiger charge is 2.27. The number of piperidine rings is 1. The lowest BCUT2D eigenvalue weighted by atomic mass is 9.97. The van der Waals surface area contributed by atoms with Crippen LogP contribution in [0.3, 0.4) is 0 Å². The van der Waals surface area contributed by atoms with Gasteiger partial charge in [-0.1, -0.05) is 36.8 Å². The Labute approximate surface area is 206 Å². The highest BCUT2D eigenvalue weighted by Crippen LogP contribution is 2.33. The average Bonchev–Trinajstić information content (AvgIpc) is 3.21. The van der Waals surface area contributed by atoms with Gasteiger partial charge in [0.15, 0.2) is 4.21 Å². The van der Waals surface area contributed by atoms with E-state index in [1.807, 2.05) is 25.1 Å². The summed E-state index contributed by atoms with van der Waals surface area (Å²) in [5.74, 6) is 0.722. The van der Waals surface area contributed by atoms with E-state index in [0.717, 1.165) is 35.7 Å². The molecule has 1 fully saturated rings. The molecule has 2 heterocycles. The first-order valence-corrected chi connectivity index (χ1v) is 13.7. The van der Waals surface area contributed by atoms with E-state index in [2.05, 4.69) is 39.7 Å². The number of aryl methyl sites for hydroxylation is 2. The van der Waals surface area contributed by atoms with Gasteiger partial charge in [0, 0.05) is 31.7 Å². The summed E-state index contributed by atoms with van der Waals surface area (Å²) < 4.78 is 33.8. The van der Waals surface area contributed by atoms with Crippen LogP contribution in [0.4, 0.5) is 5.69 Å². The number of hydrogen-bond acceptors (Lipinski definition) is 7. The molecular formula is C25H32N4O3S2. The van der Waals surface area contributed by atoms with Gasteiger partial charge in [-0.05, 0) is 50.5 Å². The van der Waals surface area contributed by atoms with Crippen molar-refractivity contribution in [2.24, 2.45) is 0 Å². The van der Waals surface area contributed by atoms with Crippen molar-refractivity contribution in [3.63, 3.8) is 0 Å². The van der Waals surface area contributed by atoms with Crippen LogP contribution in [-0.2, 0) is 16.6 Å². The Hall–Kier alpha value is -2.46. The Kier molecular flexibility index (Phi) is 7.57. The molecule has 3 aromatic rings. The third kappa shape index (κ3) is 5.12. The van der Waals surface area contributed by atoms with E-state index in [-0.39, 0.29) is 4.21 Å². The van der Waals surface area contributed by atoms with E-state index in [9.17, 15) is 8.42 Å². The molecule has 9 heteroatoms. The van der Waals surface area contributed by atoms with Crippen molar-refractivity contribution in [2.75, 3.05) is 25.0 Å². The van der Waals surface area contributed by atoms with E-state index < -0.39 is 10.0 Å². The van der Waals surface area contributed by atoms with Crippen LogP contribution < -0.4 is 14.5 Å². The van der Waals surface area contributed by atoms with Crippen molar-refractivity contribution in [3.05, 3.63) is 70.4 Å². The number of nitrogens with zero attached hydrogens (tertiary/aromatic N) is 3. The van der Waals surface area contributed by atoms with Crippen LogP contribution in [0.15, 0.2) is 52.7 Å². The van der Waals surface area contributed by atoms with E-state index in [0.29, 0.717) is 24.0 Å². The predicted octanol–water partition coefficient (Wildman–Crippen LogP) is 4.83. The van der Waals surface area contributed by atoms with Gasteiger partial charge in [-0.15, -0.1) is 11.3 Å². The van der Waals surface area contributed by atoms with Gasteiger partial charge in [-0.2, -0.15) is 0 Å². The molecule has 2 aromatic carbocycles. The summed E-state index contributed by atoms with van der Waals surface area (Å²) in [5.41, 5.74) is 6.90. The molecule has 182 valence electrons. The van der Waals surface area contributed by atoms with E-state index in [1.165, 1.54) is 27.6 Å². The number of hydrazine groups is 1. The number of benzene rings is 2. The lowest BCUT2D eigenvalue weighted by Crippen LogP contribution is -2.43. The van der Waals surface area contributed by atoms with Crippen molar-refractivity contribution in [1.29, 1.82) is 0 Å². The van der Waals surface area contributed by atoms with Crippen LogP contribution >= 0.6 is 11.3 Å². The summed E-state index contributed by atoms with van der Waals surface area (Å²) in [4.78, 5) is 4.29. The third-order valence-electron chi connectivity index (χ3n) is 6.24. The minimum atomic E-state index is -3.70. The predicted molar refractivity (Wildman–Crippen MR) is 137 cm³/mol. The minimum Gasteiger partial charge on any atom is -0.496 e. The van der Waals surface area contributed by atoms with Gasteiger partial charge in [-0.25, -0.2) is 18.4 Å². The Morgan fingerprint density at radius 1 is 1.18 bits per heavy atom. The molecule has 0 amide bonds. The second kappa shape index (κ2) is 10.4. The van der Waals surface area contributed by atoms with Crippen LogP contribution in [0.2, 0.25) is 0 Å². The summed E-state index contributed by atoms with van der Waals surface area (Å²) in [7, 11) is -0.483. The molecule has 1 atom stereocenters. The summed E-state index contributed by atoms with van der Waals surface area (Å²) in [6.07, 6.45) is 3.45. The van der Waals surface area contributed by atoms with Crippen LogP contribution in [-0.4, -0.2) is 39.1 Å². The maximum Gasteiger partial charge on any atom is 0.275 e. The third-order valence-corrected chi connectivity index (χ3v) is 9.69. The highest BCUT2D eigenvalue weighted by atomic mass is 32.2. The zero-order valence-electron chi connectivity index (χ0n) is 20.1. The number of rotatable bonds is 8. The summed E-state index contributed by atoms with van der Waals surface area (Å²) >= 11 is 1.20. The summed E-state index contributed by atoms with van der Waals surface area (Å²) in [5, 5.41) is 3.04. The fourth-order valence-corrected chi connectivity index (χ4v) is 7.26. The Morgan fingerprint density at radius 2 is 1.94 bits per heavy atom. The quantitative estimate of drug-likeness (QED) is 0.478. The number of anilines is 1. The molecule has 0 saturated carbocycles. The maximum absolute atomic E-state index is 13.3. The molecule has 0 bridgehead atoms. The zero-order chi connectivity index (χ0) is 24.3. The van der Waals surface area contributed by atoms with Crippen molar-refractivity contribution < 1.29 is 13.2 Å². The number of thiazole rings is 1. The van der Waals surface area contributed by atoms with Crippen LogP contribution in [0, 0.1) is 13.8 Å². The number of nitrogens with one attached hydrogen (secondary N) is 1. The number of methoxy groups -OCH3 is 1. The largest absolute Gasteiger partial charge is 0.496 e. The normalized spacial score (nSPS) is 17.0. The van der Waals surface area contributed by atoms with E-state index in [4.69, 9.17) is 4.74 Å². The van der Waals surface area contributed by atoms with Crippen molar-refractivity contribution in [2.45, 2.75) is 49.9 Å². The fourth-order valence-electron chi connectivity index (χ4n) is 4.44.